The highest BCUT2D eigenvalue weighted by atomic mass is 16.5. The summed E-state index contributed by atoms with van der Waals surface area (Å²) in [4.78, 5) is 12.7. The molecular weight excluding hydrogens is 314 g/mol. The Balaban J connectivity index is 1.83. The number of aromatic nitrogens is 3. The number of benzene rings is 1. The molecule has 0 saturated carbocycles. The van der Waals surface area contributed by atoms with Crippen LogP contribution in [0.3, 0.4) is 0 Å². The van der Waals surface area contributed by atoms with Gasteiger partial charge in [-0.05, 0) is 36.6 Å². The number of nitrogens with zero attached hydrogens (tertiary/aromatic N) is 3. The molecule has 0 radical (unpaired) electrons. The Hall–Kier alpha value is -2.37. The van der Waals surface area contributed by atoms with Crippen LogP contribution in [0.25, 0.3) is 0 Å². The highest BCUT2D eigenvalue weighted by Crippen LogP contribution is 2.18. The van der Waals surface area contributed by atoms with Crippen LogP contribution in [0.1, 0.15) is 46.5 Å². The van der Waals surface area contributed by atoms with Crippen LogP contribution in [0.4, 0.5) is 17.6 Å². The fraction of sp³-hybridized carbons (Fsp3) is 0.526. The van der Waals surface area contributed by atoms with Crippen molar-refractivity contribution in [2.45, 2.75) is 46.5 Å². The molecule has 0 aliphatic rings. The SMILES string of the molecule is CCCCCCOc1ccc(Nc2ncnc(NCC(C)C)n2)cc1. The molecule has 2 N–H and O–H groups in total. The second-order valence-electron chi connectivity index (χ2n) is 6.47. The van der Waals surface area contributed by atoms with Gasteiger partial charge in [0, 0.05) is 12.2 Å². The van der Waals surface area contributed by atoms with E-state index in [1.807, 2.05) is 24.3 Å². The molecule has 2 rings (SSSR count). The molecule has 0 fully saturated rings. The van der Waals surface area contributed by atoms with Crippen LogP contribution in [0.5, 0.6) is 5.75 Å². The molecule has 25 heavy (non-hydrogen) atoms. The van der Waals surface area contributed by atoms with Crippen molar-refractivity contribution in [2.24, 2.45) is 5.92 Å². The lowest BCUT2D eigenvalue weighted by Gasteiger charge is -2.10. The van der Waals surface area contributed by atoms with Crippen LogP contribution in [-0.2, 0) is 0 Å². The van der Waals surface area contributed by atoms with E-state index >= 15 is 0 Å². The molecule has 0 unspecified atom stereocenters. The van der Waals surface area contributed by atoms with E-state index < -0.39 is 0 Å². The maximum absolute atomic E-state index is 5.75. The highest BCUT2D eigenvalue weighted by molar-refractivity contribution is 5.55. The normalized spacial score (nSPS) is 10.7. The number of ether oxygens (including phenoxy) is 1. The molecule has 0 bridgehead atoms. The van der Waals surface area contributed by atoms with Gasteiger partial charge < -0.3 is 15.4 Å². The van der Waals surface area contributed by atoms with Crippen molar-refractivity contribution in [3.05, 3.63) is 30.6 Å². The van der Waals surface area contributed by atoms with E-state index in [4.69, 9.17) is 4.74 Å². The van der Waals surface area contributed by atoms with Crippen LogP contribution in [0.15, 0.2) is 30.6 Å². The minimum atomic E-state index is 0.523. The molecule has 2 aromatic rings. The average Bonchev–Trinajstić information content (AvgIpc) is 2.61. The lowest BCUT2D eigenvalue weighted by Crippen LogP contribution is -2.11. The zero-order chi connectivity index (χ0) is 17.9. The molecule has 6 nitrogen and oxygen atoms in total. The van der Waals surface area contributed by atoms with Crippen LogP contribution in [-0.4, -0.2) is 28.1 Å². The third-order valence-electron chi connectivity index (χ3n) is 3.62. The van der Waals surface area contributed by atoms with Gasteiger partial charge in [0.25, 0.3) is 0 Å². The molecule has 1 aromatic carbocycles. The van der Waals surface area contributed by atoms with Crippen molar-refractivity contribution in [3.63, 3.8) is 0 Å². The maximum Gasteiger partial charge on any atom is 0.231 e. The maximum atomic E-state index is 5.75. The number of rotatable bonds is 11. The number of hydrogen-bond acceptors (Lipinski definition) is 6. The average molecular weight is 343 g/mol. The van der Waals surface area contributed by atoms with Crippen molar-refractivity contribution in [3.8, 4) is 5.75 Å². The number of anilines is 3. The van der Waals surface area contributed by atoms with Gasteiger partial charge in [-0.3, -0.25) is 0 Å². The first-order valence-corrected chi connectivity index (χ1v) is 9.10. The van der Waals surface area contributed by atoms with Crippen molar-refractivity contribution in [2.75, 3.05) is 23.8 Å². The molecule has 1 aromatic heterocycles. The van der Waals surface area contributed by atoms with Crippen molar-refractivity contribution in [1.29, 1.82) is 0 Å². The highest BCUT2D eigenvalue weighted by Gasteiger charge is 2.03. The first-order valence-electron chi connectivity index (χ1n) is 9.10. The molecule has 1 heterocycles. The second-order valence-corrected chi connectivity index (χ2v) is 6.47. The van der Waals surface area contributed by atoms with Gasteiger partial charge in [0.05, 0.1) is 6.61 Å². The van der Waals surface area contributed by atoms with Gasteiger partial charge in [0.15, 0.2) is 0 Å². The van der Waals surface area contributed by atoms with E-state index in [2.05, 4.69) is 46.4 Å². The summed E-state index contributed by atoms with van der Waals surface area (Å²) in [5.74, 6) is 2.52. The third-order valence-corrected chi connectivity index (χ3v) is 3.62. The first-order chi connectivity index (χ1) is 12.2. The Labute approximate surface area is 150 Å². The Morgan fingerprint density at radius 2 is 1.76 bits per heavy atom. The Kier molecular flexibility index (Phi) is 7.95. The van der Waals surface area contributed by atoms with Gasteiger partial charge in [0.2, 0.25) is 11.9 Å². The Morgan fingerprint density at radius 1 is 1.00 bits per heavy atom. The number of unbranched alkanes of at least 4 members (excludes halogenated alkanes) is 3. The molecule has 0 amide bonds. The molecule has 136 valence electrons. The van der Waals surface area contributed by atoms with Crippen LogP contribution in [0.2, 0.25) is 0 Å². The minimum absolute atomic E-state index is 0.523. The monoisotopic (exact) mass is 343 g/mol. The second kappa shape index (κ2) is 10.5. The lowest BCUT2D eigenvalue weighted by molar-refractivity contribution is 0.305. The number of nitrogens with one attached hydrogen (secondary N) is 2. The zero-order valence-electron chi connectivity index (χ0n) is 15.5. The van der Waals surface area contributed by atoms with Gasteiger partial charge in [-0.25, -0.2) is 9.97 Å². The summed E-state index contributed by atoms with van der Waals surface area (Å²) < 4.78 is 5.75. The van der Waals surface area contributed by atoms with E-state index in [1.54, 1.807) is 0 Å². The van der Waals surface area contributed by atoms with Crippen LogP contribution in [0, 0.1) is 5.92 Å². The fourth-order valence-electron chi connectivity index (χ4n) is 2.22. The largest absolute Gasteiger partial charge is 0.494 e. The molecular formula is C19H29N5O. The molecule has 0 aliphatic carbocycles. The molecule has 0 spiro atoms. The standard InChI is InChI=1S/C19H29N5O/c1-4-5-6-7-12-25-17-10-8-16(9-11-17)23-19-22-14-21-18(24-19)20-13-15(2)3/h8-11,14-15H,4-7,12-13H2,1-3H3,(H2,20,21,22,23,24). The zero-order valence-corrected chi connectivity index (χ0v) is 15.5. The summed E-state index contributed by atoms with van der Waals surface area (Å²) in [5, 5.41) is 6.38. The van der Waals surface area contributed by atoms with Crippen molar-refractivity contribution in [1.82, 2.24) is 15.0 Å². The van der Waals surface area contributed by atoms with Gasteiger partial charge in [-0.2, -0.15) is 4.98 Å². The predicted octanol–water partition coefficient (Wildman–Crippen LogP) is 4.64. The predicted molar refractivity (Wildman–Crippen MR) is 103 cm³/mol. The van der Waals surface area contributed by atoms with E-state index in [0.717, 1.165) is 31.0 Å². The van der Waals surface area contributed by atoms with Gasteiger partial charge in [0.1, 0.15) is 12.1 Å². The Morgan fingerprint density at radius 3 is 2.48 bits per heavy atom. The summed E-state index contributed by atoms with van der Waals surface area (Å²) >= 11 is 0. The van der Waals surface area contributed by atoms with E-state index in [0.29, 0.717) is 17.8 Å². The number of hydrogen-bond donors (Lipinski definition) is 2. The quantitative estimate of drug-likeness (QED) is 0.579. The molecule has 0 aliphatic heterocycles. The summed E-state index contributed by atoms with van der Waals surface area (Å²) in [6.45, 7) is 8.09. The van der Waals surface area contributed by atoms with Crippen molar-refractivity contribution >= 4 is 17.6 Å². The molecule has 0 atom stereocenters. The third kappa shape index (κ3) is 7.37. The lowest BCUT2D eigenvalue weighted by atomic mass is 10.2. The molecule has 6 heteroatoms. The van der Waals surface area contributed by atoms with E-state index in [1.165, 1.54) is 25.6 Å². The summed E-state index contributed by atoms with van der Waals surface area (Å²) in [6, 6.07) is 7.85. The summed E-state index contributed by atoms with van der Waals surface area (Å²) in [7, 11) is 0. The van der Waals surface area contributed by atoms with Gasteiger partial charge >= 0.3 is 0 Å². The van der Waals surface area contributed by atoms with Crippen molar-refractivity contribution < 1.29 is 4.74 Å². The minimum Gasteiger partial charge on any atom is -0.494 e. The Bertz CT molecular complexity index is 615. The van der Waals surface area contributed by atoms with Crippen LogP contribution >= 0.6 is 0 Å². The molecule has 0 saturated heterocycles. The van der Waals surface area contributed by atoms with Gasteiger partial charge in [-0.15, -0.1) is 0 Å². The fourth-order valence-corrected chi connectivity index (χ4v) is 2.22. The smallest absolute Gasteiger partial charge is 0.231 e. The van der Waals surface area contributed by atoms with E-state index in [-0.39, 0.29) is 0 Å². The first kappa shape index (κ1) is 19.0. The van der Waals surface area contributed by atoms with Gasteiger partial charge in [-0.1, -0.05) is 40.0 Å². The van der Waals surface area contributed by atoms with E-state index in [9.17, 15) is 0 Å². The summed E-state index contributed by atoms with van der Waals surface area (Å²) in [6.07, 6.45) is 6.34. The summed E-state index contributed by atoms with van der Waals surface area (Å²) in [5.41, 5.74) is 0.916. The topological polar surface area (TPSA) is 72.0 Å². The van der Waals surface area contributed by atoms with Crippen LogP contribution < -0.4 is 15.4 Å².